The number of nitrogens with zero attached hydrogens (tertiary/aromatic N) is 3. The van der Waals surface area contributed by atoms with Crippen molar-refractivity contribution in [3.8, 4) is 0 Å². The van der Waals surface area contributed by atoms with Crippen LogP contribution in [0, 0.1) is 10.1 Å². The summed E-state index contributed by atoms with van der Waals surface area (Å²) in [5.41, 5.74) is 0.105. The summed E-state index contributed by atoms with van der Waals surface area (Å²) in [6.07, 6.45) is 3.09. The molecule has 0 bridgehead atoms. The number of hydrogen-bond donors (Lipinski definition) is 0. The van der Waals surface area contributed by atoms with Gasteiger partial charge in [-0.1, -0.05) is 23.7 Å². The minimum Gasteiger partial charge on any atom is -0.264 e. The first kappa shape index (κ1) is 16.3. The number of benzene rings is 1. The van der Waals surface area contributed by atoms with Crippen LogP contribution in [0.3, 0.4) is 0 Å². The number of pyridine rings is 1. The van der Waals surface area contributed by atoms with Crippen molar-refractivity contribution in [1.29, 1.82) is 0 Å². The van der Waals surface area contributed by atoms with Gasteiger partial charge in [-0.15, -0.1) is 0 Å². The van der Waals surface area contributed by atoms with Gasteiger partial charge in [0, 0.05) is 32.1 Å². The molecule has 7 nitrogen and oxygen atoms in total. The number of hydrogen-bond acceptors (Lipinski definition) is 5. The average Bonchev–Trinajstić information content (AvgIpc) is 2.47. The van der Waals surface area contributed by atoms with Crippen LogP contribution in [-0.4, -0.2) is 29.7 Å². The zero-order valence-electron chi connectivity index (χ0n) is 11.5. The molecule has 0 atom stereocenters. The van der Waals surface area contributed by atoms with Gasteiger partial charge in [0.2, 0.25) is 0 Å². The van der Waals surface area contributed by atoms with Crippen molar-refractivity contribution in [1.82, 2.24) is 9.29 Å². The van der Waals surface area contributed by atoms with Gasteiger partial charge in [0.05, 0.1) is 9.95 Å². The van der Waals surface area contributed by atoms with Gasteiger partial charge < -0.3 is 0 Å². The lowest BCUT2D eigenvalue weighted by molar-refractivity contribution is -0.387. The predicted octanol–water partition coefficient (Wildman–Crippen LogP) is 2.46. The molecule has 0 aliphatic carbocycles. The summed E-state index contributed by atoms with van der Waals surface area (Å²) >= 11 is 5.88. The Hall–Kier alpha value is -2.03. The smallest absolute Gasteiger partial charge is 0.264 e. The monoisotopic (exact) mass is 341 g/mol. The largest absolute Gasteiger partial charge is 0.290 e. The average molecular weight is 342 g/mol. The summed E-state index contributed by atoms with van der Waals surface area (Å²) in [5, 5.41) is 10.9. The number of halogens is 1. The Morgan fingerprint density at radius 3 is 2.64 bits per heavy atom. The van der Waals surface area contributed by atoms with Gasteiger partial charge in [-0.3, -0.25) is 15.1 Å². The fourth-order valence-corrected chi connectivity index (χ4v) is 3.70. The maximum Gasteiger partial charge on any atom is 0.290 e. The Morgan fingerprint density at radius 2 is 2.05 bits per heavy atom. The van der Waals surface area contributed by atoms with Crippen molar-refractivity contribution in [3.05, 3.63) is 63.4 Å². The highest BCUT2D eigenvalue weighted by molar-refractivity contribution is 7.89. The molecule has 0 saturated carbocycles. The minimum absolute atomic E-state index is 0.0263. The molecule has 2 aromatic rings. The SMILES string of the molecule is CN(Cc1cccnc1)S(=O)(=O)c1c(Cl)cccc1[N+](=O)[O-]. The number of nitro groups is 1. The van der Waals surface area contributed by atoms with Gasteiger partial charge in [-0.25, -0.2) is 8.42 Å². The maximum absolute atomic E-state index is 12.6. The molecule has 0 aliphatic heterocycles. The Morgan fingerprint density at radius 1 is 1.32 bits per heavy atom. The number of rotatable bonds is 5. The number of nitro benzene ring substituents is 1. The first-order valence-corrected chi connectivity index (χ1v) is 7.94. The van der Waals surface area contributed by atoms with Crippen LogP contribution in [0.1, 0.15) is 5.56 Å². The Bertz CT molecular complexity index is 796. The van der Waals surface area contributed by atoms with Gasteiger partial charge in [0.1, 0.15) is 0 Å². The second-order valence-corrected chi connectivity index (χ2v) is 6.86. The molecule has 116 valence electrons. The Labute approximate surface area is 132 Å². The van der Waals surface area contributed by atoms with Crippen molar-refractivity contribution in [3.63, 3.8) is 0 Å². The van der Waals surface area contributed by atoms with E-state index in [-0.39, 0.29) is 11.6 Å². The van der Waals surface area contributed by atoms with E-state index in [1.165, 1.54) is 25.4 Å². The third-order valence-electron chi connectivity index (χ3n) is 2.94. The second-order valence-electron chi connectivity index (χ2n) is 4.47. The van der Waals surface area contributed by atoms with Gasteiger partial charge in [-0.2, -0.15) is 4.31 Å². The fraction of sp³-hybridized carbons (Fsp3) is 0.154. The molecule has 0 unspecified atom stereocenters. The van der Waals surface area contributed by atoms with Crippen LogP contribution in [0.15, 0.2) is 47.6 Å². The normalized spacial score (nSPS) is 11.6. The highest BCUT2D eigenvalue weighted by Gasteiger charge is 2.32. The van der Waals surface area contributed by atoms with E-state index in [0.29, 0.717) is 5.56 Å². The fourth-order valence-electron chi connectivity index (χ4n) is 1.89. The topological polar surface area (TPSA) is 93.4 Å². The number of sulfonamides is 1. The molecule has 2 rings (SSSR count). The van der Waals surface area contributed by atoms with Gasteiger partial charge >= 0.3 is 0 Å². The minimum atomic E-state index is -4.11. The predicted molar refractivity (Wildman–Crippen MR) is 81.0 cm³/mol. The molecule has 1 aromatic carbocycles. The Kier molecular flexibility index (Phi) is 4.74. The lowest BCUT2D eigenvalue weighted by atomic mass is 10.3. The summed E-state index contributed by atoms with van der Waals surface area (Å²) in [7, 11) is -2.78. The second kappa shape index (κ2) is 6.39. The molecule has 0 fully saturated rings. The first-order chi connectivity index (χ1) is 10.3. The Balaban J connectivity index is 2.45. The zero-order valence-corrected chi connectivity index (χ0v) is 13.1. The summed E-state index contributed by atoms with van der Waals surface area (Å²) in [4.78, 5) is 13.7. The van der Waals surface area contributed by atoms with E-state index < -0.39 is 25.5 Å². The molecule has 0 aliphatic rings. The molecule has 0 amide bonds. The third kappa shape index (κ3) is 3.24. The van der Waals surface area contributed by atoms with E-state index in [1.807, 2.05) is 0 Å². The van der Waals surface area contributed by atoms with Crippen molar-refractivity contribution >= 4 is 27.3 Å². The molecule has 0 spiro atoms. The van der Waals surface area contributed by atoms with E-state index in [1.54, 1.807) is 18.3 Å². The third-order valence-corrected chi connectivity index (χ3v) is 5.26. The highest BCUT2D eigenvalue weighted by atomic mass is 35.5. The van der Waals surface area contributed by atoms with Crippen molar-refractivity contribution in [2.75, 3.05) is 7.05 Å². The molecular weight excluding hydrogens is 330 g/mol. The molecule has 0 saturated heterocycles. The van der Waals surface area contributed by atoms with Crippen molar-refractivity contribution in [2.45, 2.75) is 11.4 Å². The molecular formula is C13H12ClN3O4S. The van der Waals surface area contributed by atoms with E-state index in [9.17, 15) is 18.5 Å². The van der Waals surface area contributed by atoms with Crippen molar-refractivity contribution in [2.24, 2.45) is 0 Å². The van der Waals surface area contributed by atoms with Crippen LogP contribution in [-0.2, 0) is 16.6 Å². The van der Waals surface area contributed by atoms with Crippen LogP contribution in [0.2, 0.25) is 5.02 Å². The van der Waals surface area contributed by atoms with E-state index in [4.69, 9.17) is 11.6 Å². The molecule has 1 heterocycles. The van der Waals surface area contributed by atoms with Crippen LogP contribution < -0.4 is 0 Å². The van der Waals surface area contributed by atoms with Crippen LogP contribution in [0.25, 0.3) is 0 Å². The zero-order chi connectivity index (χ0) is 16.3. The molecule has 22 heavy (non-hydrogen) atoms. The van der Waals surface area contributed by atoms with Crippen LogP contribution in [0.5, 0.6) is 0 Å². The first-order valence-electron chi connectivity index (χ1n) is 6.12. The van der Waals surface area contributed by atoms with E-state index >= 15 is 0 Å². The number of aromatic nitrogens is 1. The summed E-state index contributed by atoms with van der Waals surface area (Å²) in [5.74, 6) is 0. The maximum atomic E-state index is 12.6. The standard InChI is InChI=1S/C13H12ClN3O4S/c1-16(9-10-4-3-7-15-8-10)22(20,21)13-11(14)5-2-6-12(13)17(18)19/h2-8H,9H2,1H3. The summed E-state index contributed by atoms with van der Waals surface area (Å²) in [6, 6.07) is 7.13. The molecule has 1 aromatic heterocycles. The summed E-state index contributed by atoms with van der Waals surface area (Å²) < 4.78 is 26.2. The van der Waals surface area contributed by atoms with E-state index in [0.717, 1.165) is 10.4 Å². The van der Waals surface area contributed by atoms with Crippen LogP contribution in [0.4, 0.5) is 5.69 Å². The molecule has 0 N–H and O–H groups in total. The van der Waals surface area contributed by atoms with Gasteiger partial charge in [-0.05, 0) is 17.7 Å². The van der Waals surface area contributed by atoms with Gasteiger partial charge in [0.15, 0.2) is 4.90 Å². The van der Waals surface area contributed by atoms with E-state index in [2.05, 4.69) is 4.98 Å². The lowest BCUT2D eigenvalue weighted by Gasteiger charge is -2.17. The lowest BCUT2D eigenvalue weighted by Crippen LogP contribution is -2.27. The molecule has 9 heteroatoms. The van der Waals surface area contributed by atoms with Gasteiger partial charge in [0.25, 0.3) is 15.7 Å². The van der Waals surface area contributed by atoms with Crippen LogP contribution >= 0.6 is 11.6 Å². The quantitative estimate of drug-likeness (QED) is 0.615. The summed E-state index contributed by atoms with van der Waals surface area (Å²) in [6.45, 7) is 0.0263. The highest BCUT2D eigenvalue weighted by Crippen LogP contribution is 2.33. The van der Waals surface area contributed by atoms with Crippen molar-refractivity contribution < 1.29 is 13.3 Å². The molecule has 0 radical (unpaired) electrons.